The number of alkyl halides is 3. The number of carbonyl (C=O) groups excluding carboxylic acids is 1. The molecule has 21 heavy (non-hydrogen) atoms. The van der Waals surface area contributed by atoms with Crippen molar-refractivity contribution in [2.24, 2.45) is 5.41 Å². The van der Waals surface area contributed by atoms with Gasteiger partial charge in [0.1, 0.15) is 0 Å². The van der Waals surface area contributed by atoms with E-state index in [1.54, 1.807) is 0 Å². The van der Waals surface area contributed by atoms with Gasteiger partial charge in [0.15, 0.2) is 0 Å². The van der Waals surface area contributed by atoms with Crippen LogP contribution in [-0.4, -0.2) is 36.4 Å². The summed E-state index contributed by atoms with van der Waals surface area (Å²) in [7, 11) is 0. The van der Waals surface area contributed by atoms with Crippen molar-refractivity contribution in [3.63, 3.8) is 0 Å². The summed E-state index contributed by atoms with van der Waals surface area (Å²) in [5.74, 6) is -0.958. The molecule has 0 bridgehead atoms. The minimum atomic E-state index is -4.32. The first-order valence-electron chi connectivity index (χ1n) is 7.07. The fourth-order valence-electron chi connectivity index (χ4n) is 2.50. The van der Waals surface area contributed by atoms with E-state index in [2.05, 4.69) is 10.6 Å². The zero-order valence-corrected chi connectivity index (χ0v) is 11.8. The number of nitrogens with one attached hydrogen (secondary N) is 2. The number of hydrogen-bond acceptors (Lipinski definition) is 2. The average Bonchev–Trinajstić information content (AvgIpc) is 2.61. The molecule has 2 amide bonds. The van der Waals surface area contributed by atoms with Crippen LogP contribution >= 0.6 is 0 Å². The van der Waals surface area contributed by atoms with Gasteiger partial charge in [-0.1, -0.05) is 25.7 Å². The van der Waals surface area contributed by atoms with Gasteiger partial charge in [-0.25, -0.2) is 4.79 Å². The quantitative estimate of drug-likeness (QED) is 0.683. The molecule has 1 rings (SSSR count). The second kappa shape index (κ2) is 7.51. The van der Waals surface area contributed by atoms with Crippen molar-refractivity contribution in [1.82, 2.24) is 10.6 Å². The Kier molecular flexibility index (Phi) is 6.29. The molecule has 122 valence electrons. The summed E-state index contributed by atoms with van der Waals surface area (Å²) >= 11 is 0. The molecule has 1 saturated carbocycles. The van der Waals surface area contributed by atoms with Gasteiger partial charge in [0.25, 0.3) is 0 Å². The van der Waals surface area contributed by atoms with Crippen LogP contribution in [-0.2, 0) is 4.79 Å². The van der Waals surface area contributed by atoms with E-state index in [0.29, 0.717) is 12.8 Å². The van der Waals surface area contributed by atoms with Gasteiger partial charge in [-0.15, -0.1) is 0 Å². The van der Waals surface area contributed by atoms with Crippen molar-refractivity contribution in [3.8, 4) is 0 Å². The van der Waals surface area contributed by atoms with Gasteiger partial charge in [0, 0.05) is 13.1 Å². The summed E-state index contributed by atoms with van der Waals surface area (Å²) in [5, 5.41) is 13.9. The molecule has 8 heteroatoms. The number of aliphatic carboxylic acids is 1. The third-order valence-electron chi connectivity index (χ3n) is 3.80. The average molecular weight is 310 g/mol. The Balaban J connectivity index is 2.42. The Hall–Kier alpha value is -1.47. The lowest BCUT2D eigenvalue weighted by atomic mass is 9.80. The van der Waals surface area contributed by atoms with Crippen LogP contribution in [0, 0.1) is 5.41 Å². The normalized spacial score (nSPS) is 18.6. The SMILES string of the molecule is O=C(NCCC(F)(F)F)NCC1(C(=O)O)CCCCCC1. The van der Waals surface area contributed by atoms with Gasteiger partial charge in [-0.3, -0.25) is 4.79 Å². The standard InChI is InChI=1S/C13H21F3N2O3/c14-13(15,16)7-8-17-11(21)18-9-12(10(19)20)5-3-1-2-4-6-12/h1-9H2,(H,19,20)(H2,17,18,21). The maximum atomic E-state index is 11.9. The predicted octanol–water partition coefficient (Wildman–Crippen LogP) is 2.66. The van der Waals surface area contributed by atoms with Crippen molar-refractivity contribution in [1.29, 1.82) is 0 Å². The van der Waals surface area contributed by atoms with Gasteiger partial charge in [0.05, 0.1) is 11.8 Å². The van der Waals surface area contributed by atoms with Crippen LogP contribution in [0.25, 0.3) is 0 Å². The molecule has 1 aliphatic rings. The number of amides is 2. The van der Waals surface area contributed by atoms with E-state index in [4.69, 9.17) is 0 Å². The van der Waals surface area contributed by atoms with Crippen LogP contribution in [0.1, 0.15) is 44.9 Å². The Morgan fingerprint density at radius 1 is 1.05 bits per heavy atom. The van der Waals surface area contributed by atoms with Crippen molar-refractivity contribution in [3.05, 3.63) is 0 Å². The highest BCUT2D eigenvalue weighted by Crippen LogP contribution is 2.34. The van der Waals surface area contributed by atoms with E-state index in [1.807, 2.05) is 0 Å². The zero-order chi connectivity index (χ0) is 15.9. The van der Waals surface area contributed by atoms with Crippen LogP contribution in [0.4, 0.5) is 18.0 Å². The van der Waals surface area contributed by atoms with Crippen molar-refractivity contribution in [2.45, 2.75) is 51.1 Å². The van der Waals surface area contributed by atoms with Crippen molar-refractivity contribution < 1.29 is 27.9 Å². The van der Waals surface area contributed by atoms with E-state index in [0.717, 1.165) is 25.7 Å². The third-order valence-corrected chi connectivity index (χ3v) is 3.80. The van der Waals surface area contributed by atoms with E-state index < -0.39 is 36.6 Å². The van der Waals surface area contributed by atoms with E-state index in [-0.39, 0.29) is 6.54 Å². The van der Waals surface area contributed by atoms with Gasteiger partial charge >= 0.3 is 18.2 Å². The monoisotopic (exact) mass is 310 g/mol. The second-order valence-electron chi connectivity index (χ2n) is 5.47. The van der Waals surface area contributed by atoms with Crippen LogP contribution < -0.4 is 10.6 Å². The molecule has 0 aliphatic heterocycles. The molecule has 0 aromatic carbocycles. The molecule has 0 atom stereocenters. The lowest BCUT2D eigenvalue weighted by molar-refractivity contribution is -0.149. The molecule has 3 N–H and O–H groups in total. The third kappa shape index (κ3) is 6.22. The lowest BCUT2D eigenvalue weighted by Gasteiger charge is -2.28. The zero-order valence-electron chi connectivity index (χ0n) is 11.8. The number of rotatable bonds is 5. The molecule has 1 fully saturated rings. The molecule has 0 radical (unpaired) electrons. The van der Waals surface area contributed by atoms with Gasteiger partial charge in [-0.2, -0.15) is 13.2 Å². The molecule has 0 saturated heterocycles. The Morgan fingerprint density at radius 2 is 1.62 bits per heavy atom. The number of carbonyl (C=O) groups is 2. The summed E-state index contributed by atoms with van der Waals surface area (Å²) < 4.78 is 35.8. The molecule has 0 heterocycles. The Bertz CT molecular complexity index is 364. The Labute approximate surface area is 121 Å². The van der Waals surface area contributed by atoms with E-state index >= 15 is 0 Å². The van der Waals surface area contributed by atoms with Crippen LogP contribution in [0.3, 0.4) is 0 Å². The highest BCUT2D eigenvalue weighted by molar-refractivity contribution is 5.78. The highest BCUT2D eigenvalue weighted by atomic mass is 19.4. The number of halogens is 3. The van der Waals surface area contributed by atoms with E-state index in [1.165, 1.54) is 0 Å². The molecule has 1 aliphatic carbocycles. The Morgan fingerprint density at radius 3 is 2.10 bits per heavy atom. The fourth-order valence-corrected chi connectivity index (χ4v) is 2.50. The van der Waals surface area contributed by atoms with Gasteiger partial charge in [0.2, 0.25) is 0 Å². The fraction of sp³-hybridized carbons (Fsp3) is 0.846. The molecule has 5 nitrogen and oxygen atoms in total. The summed E-state index contributed by atoms with van der Waals surface area (Å²) in [6, 6.07) is -0.760. The second-order valence-corrected chi connectivity index (χ2v) is 5.47. The van der Waals surface area contributed by atoms with E-state index in [9.17, 15) is 27.9 Å². The minimum Gasteiger partial charge on any atom is -0.481 e. The van der Waals surface area contributed by atoms with Gasteiger partial charge < -0.3 is 15.7 Å². The number of carboxylic acid groups (broad SMARTS) is 1. The number of hydrogen-bond donors (Lipinski definition) is 3. The smallest absolute Gasteiger partial charge is 0.390 e. The van der Waals surface area contributed by atoms with Crippen LogP contribution in [0.2, 0.25) is 0 Å². The lowest BCUT2D eigenvalue weighted by Crippen LogP contribution is -2.46. The van der Waals surface area contributed by atoms with Crippen molar-refractivity contribution in [2.75, 3.05) is 13.1 Å². The molecule has 0 unspecified atom stereocenters. The summed E-state index contributed by atoms with van der Waals surface area (Å²) in [6.07, 6.45) is -0.982. The minimum absolute atomic E-state index is 0.0554. The summed E-state index contributed by atoms with van der Waals surface area (Å²) in [6.45, 7) is -0.574. The first-order valence-corrected chi connectivity index (χ1v) is 7.07. The van der Waals surface area contributed by atoms with Crippen LogP contribution in [0.15, 0.2) is 0 Å². The topological polar surface area (TPSA) is 78.4 Å². The van der Waals surface area contributed by atoms with Crippen LogP contribution in [0.5, 0.6) is 0 Å². The maximum Gasteiger partial charge on any atom is 0.390 e. The summed E-state index contributed by atoms with van der Waals surface area (Å²) in [5.41, 5.74) is -1.00. The van der Waals surface area contributed by atoms with Crippen molar-refractivity contribution >= 4 is 12.0 Å². The first-order chi connectivity index (χ1) is 9.75. The highest BCUT2D eigenvalue weighted by Gasteiger charge is 2.38. The maximum absolute atomic E-state index is 11.9. The molecular weight excluding hydrogens is 289 g/mol. The first kappa shape index (κ1) is 17.6. The predicted molar refractivity (Wildman–Crippen MR) is 69.8 cm³/mol. The summed E-state index contributed by atoms with van der Waals surface area (Å²) in [4.78, 5) is 22.9. The molecule has 0 aromatic heterocycles. The largest absolute Gasteiger partial charge is 0.481 e. The number of urea groups is 1. The van der Waals surface area contributed by atoms with Gasteiger partial charge in [-0.05, 0) is 12.8 Å². The molecule has 0 aromatic rings. The molecule has 0 spiro atoms. The number of carboxylic acids is 1. The molecular formula is C13H21F3N2O3.